The van der Waals surface area contributed by atoms with E-state index in [0.717, 1.165) is 4.40 Å². The van der Waals surface area contributed by atoms with Gasteiger partial charge in [0.05, 0.1) is 0 Å². The summed E-state index contributed by atoms with van der Waals surface area (Å²) in [6.45, 7) is 0. The average molecular weight is 383 g/mol. The van der Waals surface area contributed by atoms with Crippen molar-refractivity contribution in [3.63, 3.8) is 0 Å². The van der Waals surface area contributed by atoms with Gasteiger partial charge >= 0.3 is 6.18 Å². The van der Waals surface area contributed by atoms with Gasteiger partial charge in [-0.05, 0) is 28.7 Å². The lowest BCUT2D eigenvalue weighted by Gasteiger charge is -2.14. The van der Waals surface area contributed by atoms with E-state index in [1.165, 1.54) is 34.9 Å². The van der Waals surface area contributed by atoms with Crippen LogP contribution in [0.5, 0.6) is 0 Å². The highest BCUT2D eigenvalue weighted by molar-refractivity contribution is 14.1. The Hall–Kier alpha value is -1.32. The number of alkyl halides is 3. The number of pyridine rings is 1. The molecule has 0 bridgehead atoms. The molecule has 4 nitrogen and oxygen atoms in total. The van der Waals surface area contributed by atoms with E-state index in [4.69, 9.17) is 0 Å². The first kappa shape index (κ1) is 14.1. The third-order valence-electron chi connectivity index (χ3n) is 2.54. The maximum absolute atomic E-state index is 12.8. The zero-order valence-electron chi connectivity index (χ0n) is 9.99. The quantitative estimate of drug-likeness (QED) is 0.710. The molecule has 2 aromatic heterocycles. The number of hydrogen-bond donors (Lipinski definition) is 0. The van der Waals surface area contributed by atoms with Gasteiger partial charge in [-0.3, -0.25) is 9.20 Å². The van der Waals surface area contributed by atoms with E-state index >= 15 is 0 Å². The first-order chi connectivity index (χ1) is 8.71. The maximum Gasteiger partial charge on any atom is 0.434 e. The number of hydrogen-bond acceptors (Lipinski definition) is 3. The standard InChI is InChI=1S/C11H9F3IN3O/c1-17(2)6-3-4-18-7(5-6)16-9(11(12,13)14)8(15)10(18)19/h3-5H,1-2H3. The van der Waals surface area contributed by atoms with Crippen LogP contribution in [0.15, 0.2) is 23.1 Å². The normalized spacial score (nSPS) is 11.9. The molecule has 0 aromatic carbocycles. The second-order valence-electron chi connectivity index (χ2n) is 4.08. The molecule has 0 aliphatic heterocycles. The topological polar surface area (TPSA) is 37.6 Å². The molecule has 0 fully saturated rings. The van der Waals surface area contributed by atoms with Crippen molar-refractivity contribution in [1.29, 1.82) is 0 Å². The molecule has 0 aliphatic rings. The lowest BCUT2D eigenvalue weighted by molar-refractivity contribution is -0.141. The SMILES string of the molecule is CN(C)c1ccn2c(=O)c(I)c(C(F)(F)F)nc2c1. The van der Waals surface area contributed by atoms with Gasteiger partial charge in [0.15, 0.2) is 5.69 Å². The molecule has 0 radical (unpaired) electrons. The summed E-state index contributed by atoms with van der Waals surface area (Å²) in [5, 5.41) is 0. The Bertz CT molecular complexity index is 694. The Morgan fingerprint density at radius 1 is 1.37 bits per heavy atom. The molecule has 0 N–H and O–H groups in total. The van der Waals surface area contributed by atoms with Crippen molar-refractivity contribution >= 4 is 33.9 Å². The van der Waals surface area contributed by atoms with Crippen LogP contribution in [-0.2, 0) is 6.18 Å². The molecule has 2 heterocycles. The molecule has 2 aromatic rings. The van der Waals surface area contributed by atoms with Crippen LogP contribution in [0.1, 0.15) is 5.69 Å². The molecule has 8 heteroatoms. The van der Waals surface area contributed by atoms with Crippen molar-refractivity contribution in [2.24, 2.45) is 0 Å². The van der Waals surface area contributed by atoms with Crippen LogP contribution >= 0.6 is 22.6 Å². The molecule has 0 aliphatic carbocycles. The van der Waals surface area contributed by atoms with Gasteiger partial charge in [-0.15, -0.1) is 0 Å². The molecule has 0 atom stereocenters. The van der Waals surface area contributed by atoms with Crippen LogP contribution < -0.4 is 10.5 Å². The van der Waals surface area contributed by atoms with Crippen molar-refractivity contribution in [1.82, 2.24) is 9.38 Å². The highest BCUT2D eigenvalue weighted by Gasteiger charge is 2.36. The van der Waals surface area contributed by atoms with Crippen molar-refractivity contribution in [3.05, 3.63) is 37.9 Å². The van der Waals surface area contributed by atoms with E-state index in [0.29, 0.717) is 5.69 Å². The first-order valence-corrected chi connectivity index (χ1v) is 6.26. The van der Waals surface area contributed by atoms with Gasteiger partial charge in [-0.2, -0.15) is 13.2 Å². The van der Waals surface area contributed by atoms with Crippen LogP contribution in [0.25, 0.3) is 5.65 Å². The zero-order chi connectivity index (χ0) is 14.4. The van der Waals surface area contributed by atoms with Crippen LogP contribution in [0.4, 0.5) is 18.9 Å². The molecule has 2 rings (SSSR count). The van der Waals surface area contributed by atoms with Crippen LogP contribution in [0.2, 0.25) is 0 Å². The van der Waals surface area contributed by atoms with E-state index in [2.05, 4.69) is 4.98 Å². The predicted molar refractivity (Wildman–Crippen MR) is 73.5 cm³/mol. The fraction of sp³-hybridized carbons (Fsp3) is 0.273. The van der Waals surface area contributed by atoms with Crippen molar-refractivity contribution in [2.45, 2.75) is 6.18 Å². The first-order valence-electron chi connectivity index (χ1n) is 5.18. The average Bonchev–Trinajstić information content (AvgIpc) is 2.31. The smallest absolute Gasteiger partial charge is 0.378 e. The third-order valence-corrected chi connectivity index (χ3v) is 3.52. The van der Waals surface area contributed by atoms with Gasteiger partial charge in [-0.25, -0.2) is 4.98 Å². The highest BCUT2D eigenvalue weighted by Crippen LogP contribution is 2.30. The molecular weight excluding hydrogens is 374 g/mol. The highest BCUT2D eigenvalue weighted by atomic mass is 127. The summed E-state index contributed by atoms with van der Waals surface area (Å²) in [5.74, 6) is 0. The van der Waals surface area contributed by atoms with Crippen LogP contribution in [0.3, 0.4) is 0 Å². The van der Waals surface area contributed by atoms with Gasteiger partial charge in [0, 0.05) is 32.0 Å². The lowest BCUT2D eigenvalue weighted by atomic mass is 10.3. The number of rotatable bonds is 1. The number of nitrogens with zero attached hydrogens (tertiary/aromatic N) is 3. The summed E-state index contributed by atoms with van der Waals surface area (Å²) >= 11 is 1.37. The van der Waals surface area contributed by atoms with Gasteiger partial charge in [0.1, 0.15) is 9.22 Å². The minimum atomic E-state index is -4.64. The molecule has 0 amide bonds. The molecule has 0 saturated heterocycles. The van der Waals surface area contributed by atoms with Crippen molar-refractivity contribution < 1.29 is 13.2 Å². The molecule has 19 heavy (non-hydrogen) atoms. The van der Waals surface area contributed by atoms with Crippen molar-refractivity contribution in [2.75, 3.05) is 19.0 Å². The van der Waals surface area contributed by atoms with E-state index in [1.54, 1.807) is 25.1 Å². The van der Waals surface area contributed by atoms with Gasteiger partial charge < -0.3 is 4.90 Å². The zero-order valence-corrected chi connectivity index (χ0v) is 12.2. The second kappa shape index (κ2) is 4.66. The van der Waals surface area contributed by atoms with E-state index in [-0.39, 0.29) is 5.65 Å². The minimum absolute atomic E-state index is 0.0241. The summed E-state index contributed by atoms with van der Waals surface area (Å²) < 4.78 is 39.0. The molecule has 0 spiro atoms. The summed E-state index contributed by atoms with van der Waals surface area (Å²) in [7, 11) is 3.50. The summed E-state index contributed by atoms with van der Waals surface area (Å²) in [6, 6.07) is 3.08. The molecule has 102 valence electrons. The number of halogens is 4. The second-order valence-corrected chi connectivity index (χ2v) is 5.16. The molecule has 0 unspecified atom stereocenters. The summed E-state index contributed by atoms with van der Waals surface area (Å²) in [6.07, 6.45) is -3.22. The minimum Gasteiger partial charge on any atom is -0.378 e. The monoisotopic (exact) mass is 383 g/mol. The Morgan fingerprint density at radius 2 is 2.00 bits per heavy atom. The summed E-state index contributed by atoms with van der Waals surface area (Å²) in [5.41, 5.74) is -1.22. The Labute approximate surface area is 120 Å². The van der Waals surface area contributed by atoms with Crippen LogP contribution in [0, 0.1) is 3.57 Å². The van der Waals surface area contributed by atoms with E-state index < -0.39 is 21.0 Å². The predicted octanol–water partition coefficient (Wildman–Crippen LogP) is 2.38. The van der Waals surface area contributed by atoms with Gasteiger partial charge in [0.25, 0.3) is 5.56 Å². The fourth-order valence-electron chi connectivity index (χ4n) is 1.57. The largest absolute Gasteiger partial charge is 0.434 e. The fourth-order valence-corrected chi connectivity index (χ4v) is 2.26. The van der Waals surface area contributed by atoms with Gasteiger partial charge in [0.2, 0.25) is 0 Å². The molecular formula is C11H9F3IN3O. The third kappa shape index (κ3) is 2.53. The Morgan fingerprint density at radius 3 is 2.53 bits per heavy atom. The lowest BCUT2D eigenvalue weighted by Crippen LogP contribution is -2.25. The Kier molecular flexibility index (Phi) is 3.45. The molecule has 0 saturated carbocycles. The van der Waals surface area contributed by atoms with E-state index in [9.17, 15) is 18.0 Å². The van der Waals surface area contributed by atoms with Gasteiger partial charge in [-0.1, -0.05) is 0 Å². The van der Waals surface area contributed by atoms with Crippen molar-refractivity contribution in [3.8, 4) is 0 Å². The maximum atomic E-state index is 12.8. The number of fused-ring (bicyclic) bond motifs is 1. The number of anilines is 1. The summed E-state index contributed by atoms with van der Waals surface area (Å²) in [4.78, 5) is 17.2. The Balaban J connectivity index is 2.82. The van der Waals surface area contributed by atoms with Crippen LogP contribution in [-0.4, -0.2) is 23.5 Å². The number of aromatic nitrogens is 2. The van der Waals surface area contributed by atoms with E-state index in [1.807, 2.05) is 0 Å².